The number of carbonyl (C=O) groups excluding carboxylic acids is 1. The van der Waals surface area contributed by atoms with E-state index in [-0.39, 0.29) is 12.0 Å². The Morgan fingerprint density at radius 3 is 3.12 bits per heavy atom. The van der Waals surface area contributed by atoms with Crippen LogP contribution in [0.25, 0.3) is 0 Å². The van der Waals surface area contributed by atoms with E-state index in [1.807, 2.05) is 12.1 Å². The maximum Gasteiger partial charge on any atom is 0.253 e. The maximum atomic E-state index is 12.2. The molecule has 0 spiro atoms. The Labute approximate surface area is 99.8 Å². The maximum absolute atomic E-state index is 12.2. The van der Waals surface area contributed by atoms with Crippen molar-refractivity contribution in [3.63, 3.8) is 0 Å². The number of fused-ring (bicyclic) bond motifs is 1. The van der Waals surface area contributed by atoms with E-state index < -0.39 is 0 Å². The van der Waals surface area contributed by atoms with Gasteiger partial charge in [-0.1, -0.05) is 0 Å². The number of carbonyl (C=O) groups is 1. The molecule has 1 N–H and O–H groups in total. The highest BCUT2D eigenvalue weighted by Crippen LogP contribution is 2.26. The summed E-state index contributed by atoms with van der Waals surface area (Å²) in [6.07, 6.45) is 1.19. The average molecular weight is 233 g/mol. The predicted molar refractivity (Wildman–Crippen MR) is 62.2 cm³/mol. The molecule has 1 unspecified atom stereocenters. The van der Waals surface area contributed by atoms with Crippen LogP contribution in [-0.2, 0) is 6.42 Å². The molecular weight excluding hydrogens is 218 g/mol. The molecule has 0 bridgehead atoms. The molecule has 2 heterocycles. The van der Waals surface area contributed by atoms with Gasteiger partial charge in [-0.2, -0.15) is 0 Å². The monoisotopic (exact) mass is 233 g/mol. The Hall–Kier alpha value is -1.55. The van der Waals surface area contributed by atoms with Gasteiger partial charge < -0.3 is 14.7 Å². The molecule has 17 heavy (non-hydrogen) atoms. The van der Waals surface area contributed by atoms with Crippen molar-refractivity contribution in [2.45, 2.75) is 18.9 Å². The summed E-state index contributed by atoms with van der Waals surface area (Å²) < 4.78 is 5.41. The molecule has 1 atom stereocenters. The summed E-state index contributed by atoms with van der Waals surface area (Å²) in [5.41, 5.74) is 1.80. The van der Waals surface area contributed by atoms with Crippen LogP contribution in [0.15, 0.2) is 18.2 Å². The van der Waals surface area contributed by atoms with Gasteiger partial charge in [0.2, 0.25) is 0 Å². The molecule has 4 nitrogen and oxygen atoms in total. The number of hydrogen-bond acceptors (Lipinski definition) is 3. The van der Waals surface area contributed by atoms with Gasteiger partial charge in [-0.25, -0.2) is 0 Å². The van der Waals surface area contributed by atoms with Crippen LogP contribution < -0.4 is 4.74 Å². The zero-order chi connectivity index (χ0) is 11.8. The number of benzene rings is 1. The summed E-state index contributed by atoms with van der Waals surface area (Å²) in [5.74, 6) is 0.902. The van der Waals surface area contributed by atoms with Crippen molar-refractivity contribution in [2.24, 2.45) is 0 Å². The summed E-state index contributed by atoms with van der Waals surface area (Å²) in [6.45, 7) is 1.80. The standard InChI is InChI=1S/C13H15NO3/c15-11-3-5-14(8-11)13(16)10-1-2-12-9(7-10)4-6-17-12/h1-2,7,11,15H,3-6,8H2. The summed E-state index contributed by atoms with van der Waals surface area (Å²) in [7, 11) is 0. The smallest absolute Gasteiger partial charge is 0.253 e. The third-order valence-electron chi connectivity index (χ3n) is 3.39. The van der Waals surface area contributed by atoms with Crippen molar-refractivity contribution in [3.8, 4) is 5.75 Å². The van der Waals surface area contributed by atoms with Gasteiger partial charge in [0, 0.05) is 25.1 Å². The molecule has 0 aliphatic carbocycles. The van der Waals surface area contributed by atoms with Crippen molar-refractivity contribution in [2.75, 3.05) is 19.7 Å². The number of aliphatic hydroxyl groups excluding tert-OH is 1. The lowest BCUT2D eigenvalue weighted by Crippen LogP contribution is -2.29. The number of nitrogens with zero attached hydrogens (tertiary/aromatic N) is 1. The van der Waals surface area contributed by atoms with Crippen LogP contribution >= 0.6 is 0 Å². The van der Waals surface area contributed by atoms with Gasteiger partial charge in [-0.05, 0) is 30.2 Å². The molecule has 0 aromatic heterocycles. The zero-order valence-corrected chi connectivity index (χ0v) is 9.56. The zero-order valence-electron chi connectivity index (χ0n) is 9.56. The third-order valence-corrected chi connectivity index (χ3v) is 3.39. The van der Waals surface area contributed by atoms with Gasteiger partial charge in [0.05, 0.1) is 12.7 Å². The normalized spacial score (nSPS) is 22.4. The summed E-state index contributed by atoms with van der Waals surface area (Å²) in [5, 5.41) is 9.44. The lowest BCUT2D eigenvalue weighted by molar-refractivity contribution is 0.0765. The molecule has 1 saturated heterocycles. The summed E-state index contributed by atoms with van der Waals surface area (Å²) in [4.78, 5) is 13.9. The van der Waals surface area contributed by atoms with Crippen molar-refractivity contribution in [3.05, 3.63) is 29.3 Å². The molecular formula is C13H15NO3. The van der Waals surface area contributed by atoms with Crippen molar-refractivity contribution < 1.29 is 14.6 Å². The lowest BCUT2D eigenvalue weighted by Gasteiger charge is -2.15. The SMILES string of the molecule is O=C(c1ccc2c(c1)CCO2)N1CCC(O)C1. The first-order valence-corrected chi connectivity index (χ1v) is 5.97. The van der Waals surface area contributed by atoms with E-state index >= 15 is 0 Å². The van der Waals surface area contributed by atoms with Gasteiger partial charge in [0.15, 0.2) is 0 Å². The van der Waals surface area contributed by atoms with E-state index in [0.29, 0.717) is 31.7 Å². The molecule has 1 aromatic rings. The number of β-amino-alcohol motifs (C(OH)–C–C–N with tert-alkyl or cyclic N) is 1. The number of rotatable bonds is 1. The largest absolute Gasteiger partial charge is 0.493 e. The molecule has 2 aliphatic rings. The molecule has 4 heteroatoms. The molecule has 1 aromatic carbocycles. The van der Waals surface area contributed by atoms with Crippen molar-refractivity contribution >= 4 is 5.91 Å². The van der Waals surface area contributed by atoms with E-state index in [0.717, 1.165) is 17.7 Å². The molecule has 2 aliphatic heterocycles. The number of hydrogen-bond donors (Lipinski definition) is 1. The van der Waals surface area contributed by atoms with E-state index in [1.165, 1.54) is 0 Å². The molecule has 3 rings (SSSR count). The molecule has 0 radical (unpaired) electrons. The van der Waals surface area contributed by atoms with Crippen LogP contribution in [-0.4, -0.2) is 41.7 Å². The fourth-order valence-electron chi connectivity index (χ4n) is 2.43. The summed E-state index contributed by atoms with van der Waals surface area (Å²) in [6, 6.07) is 5.58. The number of likely N-dealkylation sites (tertiary alicyclic amines) is 1. The van der Waals surface area contributed by atoms with Gasteiger partial charge in [0.25, 0.3) is 5.91 Å². The summed E-state index contributed by atoms with van der Waals surface area (Å²) >= 11 is 0. The van der Waals surface area contributed by atoms with Crippen LogP contribution in [0.5, 0.6) is 5.75 Å². The molecule has 1 amide bonds. The van der Waals surface area contributed by atoms with Crippen LogP contribution in [0.1, 0.15) is 22.3 Å². The quantitative estimate of drug-likeness (QED) is 0.781. The van der Waals surface area contributed by atoms with Crippen LogP contribution in [0, 0.1) is 0 Å². The second kappa shape index (κ2) is 4.04. The van der Waals surface area contributed by atoms with Gasteiger partial charge in [-0.15, -0.1) is 0 Å². The Bertz CT molecular complexity index is 458. The Morgan fingerprint density at radius 2 is 2.35 bits per heavy atom. The first-order valence-electron chi connectivity index (χ1n) is 5.97. The number of ether oxygens (including phenoxy) is 1. The molecule has 90 valence electrons. The van der Waals surface area contributed by atoms with E-state index in [9.17, 15) is 9.90 Å². The average Bonchev–Trinajstić information content (AvgIpc) is 2.95. The van der Waals surface area contributed by atoms with E-state index in [2.05, 4.69) is 0 Å². The van der Waals surface area contributed by atoms with Gasteiger partial charge in [-0.3, -0.25) is 4.79 Å². The van der Waals surface area contributed by atoms with Gasteiger partial charge >= 0.3 is 0 Å². The minimum absolute atomic E-state index is 0.0104. The Morgan fingerprint density at radius 1 is 1.47 bits per heavy atom. The number of aliphatic hydroxyl groups is 1. The predicted octanol–water partition coefficient (Wildman–Crippen LogP) is 0.828. The van der Waals surface area contributed by atoms with Crippen molar-refractivity contribution in [1.82, 2.24) is 4.90 Å². The lowest BCUT2D eigenvalue weighted by atomic mass is 10.1. The first-order chi connectivity index (χ1) is 8.24. The van der Waals surface area contributed by atoms with Crippen molar-refractivity contribution in [1.29, 1.82) is 0 Å². The Balaban J connectivity index is 1.82. The number of amides is 1. The molecule has 1 fully saturated rings. The third kappa shape index (κ3) is 1.89. The highest BCUT2D eigenvalue weighted by atomic mass is 16.5. The van der Waals surface area contributed by atoms with E-state index in [4.69, 9.17) is 4.74 Å². The second-order valence-electron chi connectivity index (χ2n) is 4.61. The van der Waals surface area contributed by atoms with Crippen LogP contribution in [0.4, 0.5) is 0 Å². The topological polar surface area (TPSA) is 49.8 Å². The fourth-order valence-corrected chi connectivity index (χ4v) is 2.43. The van der Waals surface area contributed by atoms with E-state index in [1.54, 1.807) is 11.0 Å². The van der Waals surface area contributed by atoms with Crippen LogP contribution in [0.3, 0.4) is 0 Å². The molecule has 0 saturated carbocycles. The Kier molecular flexibility index (Phi) is 2.52. The minimum atomic E-state index is -0.364. The highest BCUT2D eigenvalue weighted by Gasteiger charge is 2.26. The van der Waals surface area contributed by atoms with Crippen LogP contribution in [0.2, 0.25) is 0 Å². The second-order valence-corrected chi connectivity index (χ2v) is 4.61. The first kappa shape index (κ1) is 10.6. The fraction of sp³-hybridized carbons (Fsp3) is 0.462. The minimum Gasteiger partial charge on any atom is -0.493 e. The van der Waals surface area contributed by atoms with Gasteiger partial charge in [0.1, 0.15) is 5.75 Å². The highest BCUT2D eigenvalue weighted by molar-refractivity contribution is 5.94.